The van der Waals surface area contributed by atoms with E-state index in [9.17, 15) is 4.79 Å². The monoisotopic (exact) mass is 315 g/mol. The second kappa shape index (κ2) is 6.06. The average Bonchev–Trinajstić information content (AvgIpc) is 3.02. The smallest absolute Gasteiger partial charge is 0.232 e. The minimum Gasteiger partial charge on any atom is -0.337 e. The van der Waals surface area contributed by atoms with E-state index in [0.717, 1.165) is 29.1 Å². The number of thioether (sulfide) groups is 1. The molecule has 1 fully saturated rings. The van der Waals surface area contributed by atoms with Crippen LogP contribution in [0.3, 0.4) is 0 Å². The van der Waals surface area contributed by atoms with Crippen molar-refractivity contribution in [1.82, 2.24) is 4.90 Å². The summed E-state index contributed by atoms with van der Waals surface area (Å²) in [5.74, 6) is 0.947. The van der Waals surface area contributed by atoms with E-state index < -0.39 is 0 Å². The molecule has 0 unspecified atom stereocenters. The van der Waals surface area contributed by atoms with Gasteiger partial charge in [-0.1, -0.05) is 24.4 Å². The van der Waals surface area contributed by atoms with Gasteiger partial charge in [0.25, 0.3) is 0 Å². The minimum atomic E-state index is 0.296. The lowest BCUT2D eigenvalue weighted by Gasteiger charge is -2.27. The number of carbonyl (C=O) groups is 1. The van der Waals surface area contributed by atoms with Gasteiger partial charge in [-0.05, 0) is 30.9 Å². The molecular formula is C14H18ClNOS2. The van der Waals surface area contributed by atoms with Gasteiger partial charge in [0.1, 0.15) is 0 Å². The van der Waals surface area contributed by atoms with Gasteiger partial charge in [-0.25, -0.2) is 0 Å². The van der Waals surface area contributed by atoms with Crippen molar-refractivity contribution in [3.05, 3.63) is 20.8 Å². The molecule has 0 saturated heterocycles. The highest BCUT2D eigenvalue weighted by atomic mass is 35.5. The summed E-state index contributed by atoms with van der Waals surface area (Å²) in [6.07, 6.45) is 6.23. The number of rotatable bonds is 3. The number of nitrogens with zero attached hydrogens (tertiary/aromatic N) is 1. The number of hydrogen-bond donors (Lipinski definition) is 0. The molecule has 104 valence electrons. The molecule has 2 nitrogen and oxygen atoms in total. The van der Waals surface area contributed by atoms with Crippen molar-refractivity contribution in [2.24, 2.45) is 0 Å². The van der Waals surface area contributed by atoms with Crippen LogP contribution in [-0.2, 0) is 17.8 Å². The van der Waals surface area contributed by atoms with Crippen LogP contribution in [0.25, 0.3) is 0 Å². The van der Waals surface area contributed by atoms with Crippen molar-refractivity contribution in [1.29, 1.82) is 0 Å². The fraction of sp³-hybridized carbons (Fsp3) is 0.643. The molecule has 0 atom stereocenters. The van der Waals surface area contributed by atoms with Crippen LogP contribution in [0.15, 0.2) is 6.07 Å². The molecule has 1 aliphatic carbocycles. The van der Waals surface area contributed by atoms with E-state index in [1.807, 2.05) is 22.7 Å². The molecular weight excluding hydrogens is 298 g/mol. The summed E-state index contributed by atoms with van der Waals surface area (Å²) >= 11 is 9.55. The van der Waals surface area contributed by atoms with Crippen LogP contribution in [0.2, 0.25) is 4.34 Å². The van der Waals surface area contributed by atoms with Gasteiger partial charge in [0, 0.05) is 23.2 Å². The number of amides is 1. The van der Waals surface area contributed by atoms with Crippen LogP contribution in [0.1, 0.15) is 36.1 Å². The lowest BCUT2D eigenvalue weighted by molar-refractivity contribution is -0.129. The van der Waals surface area contributed by atoms with E-state index >= 15 is 0 Å². The van der Waals surface area contributed by atoms with Crippen molar-refractivity contribution in [2.75, 3.05) is 12.3 Å². The molecule has 1 aromatic heterocycles. The quantitative estimate of drug-likeness (QED) is 0.841. The molecule has 1 aliphatic heterocycles. The Morgan fingerprint density at radius 1 is 1.47 bits per heavy atom. The van der Waals surface area contributed by atoms with Crippen LogP contribution < -0.4 is 0 Å². The largest absolute Gasteiger partial charge is 0.337 e. The molecule has 19 heavy (non-hydrogen) atoms. The van der Waals surface area contributed by atoms with Crippen molar-refractivity contribution < 1.29 is 4.79 Å². The highest BCUT2D eigenvalue weighted by Gasteiger charge is 2.24. The summed E-state index contributed by atoms with van der Waals surface area (Å²) in [6, 6.07) is 2.02. The van der Waals surface area contributed by atoms with Gasteiger partial charge in [0.05, 0.1) is 10.1 Å². The molecule has 5 heteroatoms. The zero-order valence-corrected chi connectivity index (χ0v) is 13.3. The molecule has 0 N–H and O–H groups in total. The third-order valence-electron chi connectivity index (χ3n) is 3.93. The zero-order valence-electron chi connectivity index (χ0n) is 10.9. The molecule has 2 aliphatic rings. The van der Waals surface area contributed by atoms with E-state index in [4.69, 9.17) is 11.6 Å². The number of hydrogen-bond acceptors (Lipinski definition) is 3. The van der Waals surface area contributed by atoms with Crippen LogP contribution in [0.4, 0.5) is 0 Å². The Hall–Kier alpha value is -0.190. The molecule has 2 heterocycles. The van der Waals surface area contributed by atoms with Gasteiger partial charge in [0.15, 0.2) is 0 Å². The average molecular weight is 316 g/mol. The normalized spacial score (nSPS) is 19.7. The van der Waals surface area contributed by atoms with Crippen molar-refractivity contribution >= 4 is 40.6 Å². The van der Waals surface area contributed by atoms with Gasteiger partial charge in [-0.15, -0.1) is 23.1 Å². The Balaban J connectivity index is 1.53. The first-order chi connectivity index (χ1) is 9.22. The third-order valence-corrected chi connectivity index (χ3v) is 6.66. The van der Waals surface area contributed by atoms with Gasteiger partial charge >= 0.3 is 0 Å². The fourth-order valence-corrected chi connectivity index (χ4v) is 5.37. The fourth-order valence-electron chi connectivity index (χ4n) is 2.85. The molecule has 1 amide bonds. The molecule has 1 saturated carbocycles. The molecule has 0 aromatic carbocycles. The predicted octanol–water partition coefficient (Wildman–Crippen LogP) is 3.96. The maximum Gasteiger partial charge on any atom is 0.232 e. The molecule has 1 aromatic rings. The summed E-state index contributed by atoms with van der Waals surface area (Å²) < 4.78 is 0.847. The van der Waals surface area contributed by atoms with Crippen molar-refractivity contribution in [3.63, 3.8) is 0 Å². The second-order valence-corrected chi connectivity index (χ2v) is 8.34. The van der Waals surface area contributed by atoms with E-state index in [1.54, 1.807) is 11.3 Å². The lowest BCUT2D eigenvalue weighted by Crippen LogP contribution is -2.36. The van der Waals surface area contributed by atoms with Crippen molar-refractivity contribution in [3.8, 4) is 0 Å². The first kappa shape index (κ1) is 13.8. The van der Waals surface area contributed by atoms with E-state index in [2.05, 4.69) is 0 Å². The van der Waals surface area contributed by atoms with E-state index in [0.29, 0.717) is 11.7 Å². The Kier molecular flexibility index (Phi) is 4.40. The molecule has 0 spiro atoms. The first-order valence-electron chi connectivity index (χ1n) is 6.89. The Morgan fingerprint density at radius 3 is 3.05 bits per heavy atom. The van der Waals surface area contributed by atoms with Crippen LogP contribution in [-0.4, -0.2) is 28.4 Å². The summed E-state index contributed by atoms with van der Waals surface area (Å²) in [7, 11) is 0. The minimum absolute atomic E-state index is 0.296. The standard InChI is InChI=1S/C14H18ClNOS2/c15-13-7-10-8-16(6-5-12(10)19-13)14(17)9-18-11-3-1-2-4-11/h7,11H,1-6,8-9H2. The summed E-state index contributed by atoms with van der Waals surface area (Å²) in [5.41, 5.74) is 1.25. The second-order valence-electron chi connectivity index (χ2n) is 5.28. The topological polar surface area (TPSA) is 20.3 Å². The number of fused-ring (bicyclic) bond motifs is 1. The lowest BCUT2D eigenvalue weighted by atomic mass is 10.1. The predicted molar refractivity (Wildman–Crippen MR) is 83.2 cm³/mol. The van der Waals surface area contributed by atoms with E-state index in [1.165, 1.54) is 36.1 Å². The SMILES string of the molecule is O=C(CSC1CCCC1)N1CCc2sc(Cl)cc2C1. The van der Waals surface area contributed by atoms with Gasteiger partial charge < -0.3 is 4.90 Å². The Bertz CT molecular complexity index is 468. The van der Waals surface area contributed by atoms with E-state index in [-0.39, 0.29) is 0 Å². The number of halogens is 1. The van der Waals surface area contributed by atoms with Gasteiger partial charge in [-0.2, -0.15) is 0 Å². The maximum atomic E-state index is 12.2. The number of carbonyl (C=O) groups excluding carboxylic acids is 1. The highest BCUT2D eigenvalue weighted by Crippen LogP contribution is 2.32. The highest BCUT2D eigenvalue weighted by molar-refractivity contribution is 8.00. The van der Waals surface area contributed by atoms with Crippen LogP contribution >= 0.6 is 34.7 Å². The van der Waals surface area contributed by atoms with Gasteiger partial charge in [-0.3, -0.25) is 4.79 Å². The zero-order chi connectivity index (χ0) is 13.2. The Morgan fingerprint density at radius 2 is 2.26 bits per heavy atom. The van der Waals surface area contributed by atoms with Gasteiger partial charge in [0.2, 0.25) is 5.91 Å². The molecule has 0 radical (unpaired) electrons. The maximum absolute atomic E-state index is 12.2. The summed E-state index contributed by atoms with van der Waals surface area (Å²) in [4.78, 5) is 15.6. The molecule has 3 rings (SSSR count). The van der Waals surface area contributed by atoms with Crippen LogP contribution in [0, 0.1) is 0 Å². The third kappa shape index (κ3) is 3.29. The van der Waals surface area contributed by atoms with Crippen LogP contribution in [0.5, 0.6) is 0 Å². The van der Waals surface area contributed by atoms with Crippen molar-refractivity contribution in [2.45, 2.75) is 43.9 Å². The summed E-state index contributed by atoms with van der Waals surface area (Å²) in [6.45, 7) is 1.61. The summed E-state index contributed by atoms with van der Waals surface area (Å²) in [5, 5.41) is 0.722. The first-order valence-corrected chi connectivity index (χ1v) is 9.13. The Labute approximate surface area is 127 Å². The molecule has 0 bridgehead atoms. The number of thiophene rings is 1.